The summed E-state index contributed by atoms with van der Waals surface area (Å²) in [6, 6.07) is 7.52. The van der Waals surface area contributed by atoms with Gasteiger partial charge in [-0.2, -0.15) is 0 Å². The summed E-state index contributed by atoms with van der Waals surface area (Å²) in [7, 11) is 1.61. The van der Waals surface area contributed by atoms with Gasteiger partial charge in [0, 0.05) is 37.8 Å². The maximum Gasteiger partial charge on any atom is 0.253 e. The van der Waals surface area contributed by atoms with Gasteiger partial charge in [0.1, 0.15) is 5.75 Å². The number of ether oxygens (including phenoxy) is 2. The Hall–Kier alpha value is -2.12. The maximum absolute atomic E-state index is 13.7. The van der Waals surface area contributed by atoms with Gasteiger partial charge in [-0.25, -0.2) is 0 Å². The molecule has 0 radical (unpaired) electrons. The average molecular weight is 416 g/mol. The predicted octanol–water partition coefficient (Wildman–Crippen LogP) is 1.87. The Balaban J connectivity index is 1.56. The second-order valence-electron chi connectivity index (χ2n) is 8.52. The van der Waals surface area contributed by atoms with E-state index in [0.29, 0.717) is 50.7 Å². The third-order valence-electron chi connectivity index (χ3n) is 7.16. The standard InChI is InChI=1S/C23H33N3O4/c1-3-24-11-8-23(22(28)26-13-15-30-16-14-26)9-12-25(10-7-20(23)24)21(27)18-5-4-6-19(17-18)29-2/h4-6,17,20H,3,7-16H2,1-2H3/t20-,23-/m0/s1. The normalized spacial score (nSPS) is 27.5. The molecule has 7 nitrogen and oxygen atoms in total. The molecule has 3 saturated heterocycles. The van der Waals surface area contributed by atoms with Crippen LogP contribution in [0.5, 0.6) is 5.75 Å². The summed E-state index contributed by atoms with van der Waals surface area (Å²) in [6.07, 6.45) is 2.43. The van der Waals surface area contributed by atoms with E-state index in [1.807, 2.05) is 28.0 Å². The van der Waals surface area contributed by atoms with E-state index in [-0.39, 0.29) is 17.9 Å². The summed E-state index contributed by atoms with van der Waals surface area (Å²) in [4.78, 5) is 33.3. The van der Waals surface area contributed by atoms with E-state index < -0.39 is 5.41 Å². The zero-order chi connectivity index (χ0) is 21.1. The maximum atomic E-state index is 13.7. The van der Waals surface area contributed by atoms with Gasteiger partial charge in [-0.1, -0.05) is 13.0 Å². The van der Waals surface area contributed by atoms with Gasteiger partial charge in [-0.05, 0) is 50.6 Å². The molecule has 3 fully saturated rings. The molecule has 2 amide bonds. The molecule has 3 aliphatic heterocycles. The SMILES string of the molecule is CCN1CC[C@]2(C(=O)N3CCOCC3)CCN(C(=O)c3cccc(OC)c3)CC[C@H]12. The van der Waals surface area contributed by atoms with Crippen molar-refractivity contribution in [3.8, 4) is 5.75 Å². The van der Waals surface area contributed by atoms with E-state index >= 15 is 0 Å². The number of morpholine rings is 1. The molecule has 164 valence electrons. The fourth-order valence-electron chi connectivity index (χ4n) is 5.45. The number of amides is 2. The fraction of sp³-hybridized carbons (Fsp3) is 0.652. The summed E-state index contributed by atoms with van der Waals surface area (Å²) in [5.41, 5.74) is 0.249. The Labute approximate surface area is 178 Å². The molecular formula is C23H33N3O4. The van der Waals surface area contributed by atoms with Crippen molar-refractivity contribution >= 4 is 11.8 Å². The Bertz CT molecular complexity index is 779. The highest BCUT2D eigenvalue weighted by atomic mass is 16.5. The van der Waals surface area contributed by atoms with Crippen molar-refractivity contribution in [3.05, 3.63) is 29.8 Å². The monoisotopic (exact) mass is 415 g/mol. The first-order valence-corrected chi connectivity index (χ1v) is 11.1. The Morgan fingerprint density at radius 2 is 1.87 bits per heavy atom. The topological polar surface area (TPSA) is 62.3 Å². The van der Waals surface area contributed by atoms with E-state index in [9.17, 15) is 9.59 Å². The van der Waals surface area contributed by atoms with E-state index in [0.717, 1.165) is 32.4 Å². The van der Waals surface area contributed by atoms with Crippen molar-refractivity contribution in [1.82, 2.24) is 14.7 Å². The van der Waals surface area contributed by atoms with E-state index in [4.69, 9.17) is 9.47 Å². The van der Waals surface area contributed by atoms with Crippen LogP contribution in [0.2, 0.25) is 0 Å². The molecule has 0 N–H and O–H groups in total. The Morgan fingerprint density at radius 1 is 1.10 bits per heavy atom. The average Bonchev–Trinajstić information content (AvgIpc) is 3.06. The van der Waals surface area contributed by atoms with Gasteiger partial charge in [-0.3, -0.25) is 14.5 Å². The third-order valence-corrected chi connectivity index (χ3v) is 7.16. The zero-order valence-corrected chi connectivity index (χ0v) is 18.1. The van der Waals surface area contributed by atoms with Crippen LogP contribution in [0, 0.1) is 5.41 Å². The number of methoxy groups -OCH3 is 1. The summed E-state index contributed by atoms with van der Waals surface area (Å²) < 4.78 is 10.7. The number of nitrogens with zero attached hydrogens (tertiary/aromatic N) is 3. The number of rotatable bonds is 4. The van der Waals surface area contributed by atoms with Gasteiger partial charge in [-0.15, -0.1) is 0 Å². The van der Waals surface area contributed by atoms with Gasteiger partial charge in [0.2, 0.25) is 5.91 Å². The van der Waals surface area contributed by atoms with Gasteiger partial charge in [0.25, 0.3) is 5.91 Å². The molecule has 7 heteroatoms. The van der Waals surface area contributed by atoms with Crippen LogP contribution in [0.15, 0.2) is 24.3 Å². The lowest BCUT2D eigenvalue weighted by Gasteiger charge is -2.40. The number of fused-ring (bicyclic) bond motifs is 1. The minimum atomic E-state index is -0.392. The van der Waals surface area contributed by atoms with Crippen LogP contribution in [0.4, 0.5) is 0 Å². The van der Waals surface area contributed by atoms with Crippen LogP contribution in [-0.4, -0.2) is 92.1 Å². The fourth-order valence-corrected chi connectivity index (χ4v) is 5.45. The van der Waals surface area contributed by atoms with Crippen molar-refractivity contribution in [1.29, 1.82) is 0 Å². The highest BCUT2D eigenvalue weighted by Gasteiger charge is 2.54. The quantitative estimate of drug-likeness (QED) is 0.751. The first-order valence-electron chi connectivity index (χ1n) is 11.1. The molecule has 0 spiro atoms. The van der Waals surface area contributed by atoms with Crippen LogP contribution < -0.4 is 4.74 Å². The second-order valence-corrected chi connectivity index (χ2v) is 8.52. The number of hydrogen-bond acceptors (Lipinski definition) is 5. The van der Waals surface area contributed by atoms with Crippen molar-refractivity contribution in [2.75, 3.05) is 59.6 Å². The van der Waals surface area contributed by atoms with Gasteiger partial charge in [0.15, 0.2) is 0 Å². The molecule has 4 rings (SSSR count). The highest BCUT2D eigenvalue weighted by molar-refractivity contribution is 5.94. The Kier molecular flexibility index (Phi) is 6.29. The molecule has 2 atom stereocenters. The highest BCUT2D eigenvalue weighted by Crippen LogP contribution is 2.45. The van der Waals surface area contributed by atoms with Crippen LogP contribution in [0.1, 0.15) is 36.5 Å². The zero-order valence-electron chi connectivity index (χ0n) is 18.1. The van der Waals surface area contributed by atoms with Crippen LogP contribution in [0.3, 0.4) is 0 Å². The van der Waals surface area contributed by atoms with Crippen LogP contribution in [-0.2, 0) is 9.53 Å². The van der Waals surface area contributed by atoms with Gasteiger partial charge < -0.3 is 19.3 Å². The first-order chi connectivity index (χ1) is 14.6. The molecule has 30 heavy (non-hydrogen) atoms. The molecule has 0 unspecified atom stereocenters. The van der Waals surface area contributed by atoms with Gasteiger partial charge >= 0.3 is 0 Å². The van der Waals surface area contributed by atoms with Gasteiger partial charge in [0.05, 0.1) is 25.7 Å². The van der Waals surface area contributed by atoms with Crippen molar-refractivity contribution in [3.63, 3.8) is 0 Å². The molecule has 0 aliphatic carbocycles. The van der Waals surface area contributed by atoms with Crippen LogP contribution >= 0.6 is 0 Å². The number of carbonyl (C=O) groups is 2. The first kappa shape index (κ1) is 21.1. The molecular weight excluding hydrogens is 382 g/mol. The van der Waals surface area contributed by atoms with E-state index in [1.54, 1.807) is 13.2 Å². The molecule has 0 bridgehead atoms. The summed E-state index contributed by atoms with van der Waals surface area (Å²) in [5.74, 6) is 0.969. The molecule has 1 aromatic rings. The molecule has 1 aromatic carbocycles. The number of carbonyl (C=O) groups excluding carboxylic acids is 2. The molecule has 0 aromatic heterocycles. The number of benzene rings is 1. The predicted molar refractivity (Wildman–Crippen MR) is 114 cm³/mol. The van der Waals surface area contributed by atoms with E-state index in [1.165, 1.54) is 0 Å². The number of hydrogen-bond donors (Lipinski definition) is 0. The minimum Gasteiger partial charge on any atom is -0.497 e. The minimum absolute atomic E-state index is 0.0193. The lowest BCUT2D eigenvalue weighted by atomic mass is 9.75. The van der Waals surface area contributed by atoms with Crippen molar-refractivity contribution in [2.24, 2.45) is 5.41 Å². The lowest BCUT2D eigenvalue weighted by molar-refractivity contribution is -0.148. The van der Waals surface area contributed by atoms with Crippen molar-refractivity contribution < 1.29 is 19.1 Å². The summed E-state index contributed by atoms with van der Waals surface area (Å²) >= 11 is 0. The van der Waals surface area contributed by atoms with Crippen molar-refractivity contribution in [2.45, 2.75) is 32.2 Å². The lowest BCUT2D eigenvalue weighted by Crippen LogP contribution is -2.53. The van der Waals surface area contributed by atoms with Crippen LogP contribution in [0.25, 0.3) is 0 Å². The smallest absolute Gasteiger partial charge is 0.253 e. The van der Waals surface area contributed by atoms with E-state index in [2.05, 4.69) is 11.8 Å². The summed E-state index contributed by atoms with van der Waals surface area (Å²) in [6.45, 7) is 7.93. The largest absolute Gasteiger partial charge is 0.497 e. The molecule has 3 heterocycles. The summed E-state index contributed by atoms with van der Waals surface area (Å²) in [5, 5.41) is 0. The second kappa shape index (κ2) is 8.94. The molecule has 0 saturated carbocycles. The number of likely N-dealkylation sites (tertiary alicyclic amines) is 2. The third kappa shape index (κ3) is 3.81. The Morgan fingerprint density at radius 3 is 2.60 bits per heavy atom. The molecule has 3 aliphatic rings.